The summed E-state index contributed by atoms with van der Waals surface area (Å²) in [4.78, 5) is 8.37. The molecule has 1 aromatic heterocycles. The van der Waals surface area contributed by atoms with Crippen LogP contribution < -0.4 is 25.4 Å². The smallest absolute Gasteiger partial charge is 0.191 e. The number of aromatic nitrogens is 1. The van der Waals surface area contributed by atoms with Crippen LogP contribution in [0.25, 0.3) is 0 Å². The second-order valence-corrected chi connectivity index (χ2v) is 6.62. The number of aliphatic imine (C=N–C) groups is 1. The van der Waals surface area contributed by atoms with E-state index in [1.807, 2.05) is 18.2 Å². The molecule has 1 aromatic carbocycles. The quantitative estimate of drug-likeness (QED) is 0.325. The topological polar surface area (TPSA) is 79.8 Å². The Kier molecular flexibility index (Phi) is 8.97. The molecule has 9 heteroatoms. The van der Waals surface area contributed by atoms with Gasteiger partial charge in [-0.2, -0.15) is 0 Å². The Morgan fingerprint density at radius 2 is 1.79 bits per heavy atom. The van der Waals surface area contributed by atoms with E-state index in [9.17, 15) is 0 Å². The minimum atomic E-state index is 0.491. The second-order valence-electron chi connectivity index (χ2n) is 5.78. The zero-order chi connectivity index (χ0) is 20.4. The van der Waals surface area contributed by atoms with Crippen molar-refractivity contribution in [2.45, 2.75) is 6.42 Å². The lowest BCUT2D eigenvalue weighted by atomic mass is 10.1. The Balaban J connectivity index is 1.73. The Hall–Kier alpha value is -2.38. The van der Waals surface area contributed by atoms with E-state index in [0.29, 0.717) is 29.0 Å². The average molecular weight is 426 g/mol. The molecule has 0 amide bonds. The van der Waals surface area contributed by atoms with Gasteiger partial charge in [0.25, 0.3) is 0 Å². The van der Waals surface area contributed by atoms with Gasteiger partial charge in [-0.15, -0.1) is 0 Å². The van der Waals surface area contributed by atoms with Crippen LogP contribution in [-0.4, -0.2) is 51.8 Å². The summed E-state index contributed by atoms with van der Waals surface area (Å²) in [5.74, 6) is 2.77. The average Bonchev–Trinajstić information content (AvgIpc) is 2.70. The summed E-state index contributed by atoms with van der Waals surface area (Å²) in [7, 11) is 4.99. The van der Waals surface area contributed by atoms with E-state index in [1.165, 1.54) is 0 Å². The monoisotopic (exact) mass is 425 g/mol. The van der Waals surface area contributed by atoms with E-state index in [2.05, 4.69) is 25.9 Å². The van der Waals surface area contributed by atoms with Gasteiger partial charge in [-0.3, -0.25) is 4.99 Å². The maximum absolute atomic E-state index is 6.08. The van der Waals surface area contributed by atoms with Gasteiger partial charge in [0.15, 0.2) is 17.5 Å². The number of halogens is 2. The number of hydrogen-bond acceptors (Lipinski definition) is 5. The minimum absolute atomic E-state index is 0.491. The predicted molar refractivity (Wildman–Crippen MR) is 115 cm³/mol. The van der Waals surface area contributed by atoms with Gasteiger partial charge in [0.05, 0.1) is 24.3 Å². The van der Waals surface area contributed by atoms with Crippen molar-refractivity contribution >= 4 is 35.0 Å². The van der Waals surface area contributed by atoms with Gasteiger partial charge >= 0.3 is 0 Å². The Morgan fingerprint density at radius 3 is 2.46 bits per heavy atom. The number of nitrogens with one attached hydrogen (secondary N) is 3. The Labute approximate surface area is 175 Å². The zero-order valence-electron chi connectivity index (χ0n) is 16.2. The highest BCUT2D eigenvalue weighted by Gasteiger charge is 2.05. The van der Waals surface area contributed by atoms with E-state index in [-0.39, 0.29) is 0 Å². The van der Waals surface area contributed by atoms with Crippen LogP contribution >= 0.6 is 23.2 Å². The van der Waals surface area contributed by atoms with Crippen molar-refractivity contribution in [1.82, 2.24) is 15.6 Å². The molecule has 0 aliphatic rings. The number of benzene rings is 1. The third-order valence-electron chi connectivity index (χ3n) is 3.90. The summed E-state index contributed by atoms with van der Waals surface area (Å²) < 4.78 is 10.6. The van der Waals surface area contributed by atoms with Gasteiger partial charge in [0, 0.05) is 32.9 Å². The molecule has 0 aliphatic heterocycles. The SMILES string of the molecule is CN=C(NCCNc1ncc(Cl)cc1Cl)NCCc1ccc(OC)c(OC)c1. The number of guanidine groups is 1. The van der Waals surface area contributed by atoms with Crippen LogP contribution in [0.5, 0.6) is 11.5 Å². The van der Waals surface area contributed by atoms with Gasteiger partial charge in [0.2, 0.25) is 0 Å². The fourth-order valence-corrected chi connectivity index (χ4v) is 2.94. The van der Waals surface area contributed by atoms with Crippen molar-refractivity contribution in [3.8, 4) is 11.5 Å². The van der Waals surface area contributed by atoms with E-state index in [4.69, 9.17) is 32.7 Å². The first-order valence-electron chi connectivity index (χ1n) is 8.77. The summed E-state index contributed by atoms with van der Waals surface area (Å²) >= 11 is 11.9. The number of ether oxygens (including phenoxy) is 2. The summed E-state index contributed by atoms with van der Waals surface area (Å²) in [6.45, 7) is 2.01. The van der Waals surface area contributed by atoms with E-state index >= 15 is 0 Å². The van der Waals surface area contributed by atoms with E-state index < -0.39 is 0 Å². The molecular formula is C19H25Cl2N5O2. The molecule has 1 heterocycles. The molecule has 0 saturated carbocycles. The lowest BCUT2D eigenvalue weighted by molar-refractivity contribution is 0.354. The van der Waals surface area contributed by atoms with Crippen molar-refractivity contribution in [2.24, 2.45) is 4.99 Å². The summed E-state index contributed by atoms with van der Waals surface area (Å²) in [6.07, 6.45) is 2.38. The minimum Gasteiger partial charge on any atom is -0.493 e. The number of nitrogens with zero attached hydrogens (tertiary/aromatic N) is 2. The van der Waals surface area contributed by atoms with Crippen LogP contribution in [0.3, 0.4) is 0 Å². The third kappa shape index (κ3) is 6.65. The van der Waals surface area contributed by atoms with Crippen molar-refractivity contribution < 1.29 is 9.47 Å². The van der Waals surface area contributed by atoms with Crippen molar-refractivity contribution in [3.63, 3.8) is 0 Å². The molecule has 0 spiro atoms. The fraction of sp³-hybridized carbons (Fsp3) is 0.368. The molecule has 28 heavy (non-hydrogen) atoms. The molecule has 152 valence electrons. The number of pyridine rings is 1. The molecule has 0 unspecified atom stereocenters. The van der Waals surface area contributed by atoms with Crippen molar-refractivity contribution in [1.29, 1.82) is 0 Å². The first-order chi connectivity index (χ1) is 13.6. The molecule has 7 nitrogen and oxygen atoms in total. The summed E-state index contributed by atoms with van der Waals surface area (Å²) in [6, 6.07) is 7.55. The molecule has 2 rings (SSSR count). The molecule has 0 fully saturated rings. The van der Waals surface area contributed by atoms with Gasteiger partial charge < -0.3 is 25.4 Å². The normalized spacial score (nSPS) is 11.1. The van der Waals surface area contributed by atoms with Crippen LogP contribution in [0.4, 0.5) is 5.82 Å². The summed E-state index contributed by atoms with van der Waals surface area (Å²) in [5.41, 5.74) is 1.14. The molecule has 3 N–H and O–H groups in total. The van der Waals surface area contributed by atoms with Crippen LogP contribution in [0.2, 0.25) is 10.0 Å². The van der Waals surface area contributed by atoms with Gasteiger partial charge in [-0.1, -0.05) is 29.3 Å². The van der Waals surface area contributed by atoms with Gasteiger partial charge in [-0.25, -0.2) is 4.98 Å². The first kappa shape index (κ1) is 21.9. The molecule has 0 radical (unpaired) electrons. The molecule has 0 aliphatic carbocycles. The summed E-state index contributed by atoms with van der Waals surface area (Å²) in [5, 5.41) is 10.7. The number of hydrogen-bond donors (Lipinski definition) is 3. The number of rotatable bonds is 9. The molecule has 0 saturated heterocycles. The van der Waals surface area contributed by atoms with Crippen LogP contribution in [-0.2, 0) is 6.42 Å². The van der Waals surface area contributed by atoms with Crippen LogP contribution in [0, 0.1) is 0 Å². The molecule has 0 bridgehead atoms. The highest BCUT2D eigenvalue weighted by atomic mass is 35.5. The van der Waals surface area contributed by atoms with Crippen molar-refractivity contribution in [3.05, 3.63) is 46.1 Å². The maximum Gasteiger partial charge on any atom is 0.191 e. The van der Waals surface area contributed by atoms with Gasteiger partial charge in [0.1, 0.15) is 5.82 Å². The van der Waals surface area contributed by atoms with Gasteiger partial charge in [-0.05, 0) is 30.2 Å². The van der Waals surface area contributed by atoms with Crippen LogP contribution in [0.1, 0.15) is 5.56 Å². The highest BCUT2D eigenvalue weighted by molar-refractivity contribution is 6.35. The second kappa shape index (κ2) is 11.5. The first-order valence-corrected chi connectivity index (χ1v) is 9.53. The highest BCUT2D eigenvalue weighted by Crippen LogP contribution is 2.27. The maximum atomic E-state index is 6.08. The lowest BCUT2D eigenvalue weighted by Crippen LogP contribution is -2.40. The number of methoxy groups -OCH3 is 2. The third-order valence-corrected chi connectivity index (χ3v) is 4.39. The fourth-order valence-electron chi connectivity index (χ4n) is 2.49. The molecule has 2 aromatic rings. The van der Waals surface area contributed by atoms with Crippen molar-refractivity contribution in [2.75, 3.05) is 46.2 Å². The predicted octanol–water partition coefficient (Wildman–Crippen LogP) is 3.23. The largest absolute Gasteiger partial charge is 0.493 e. The van der Waals surface area contributed by atoms with Crippen LogP contribution in [0.15, 0.2) is 35.5 Å². The zero-order valence-corrected chi connectivity index (χ0v) is 17.7. The molecular weight excluding hydrogens is 401 g/mol. The van der Waals surface area contributed by atoms with E-state index in [0.717, 1.165) is 36.0 Å². The standard InChI is InChI=1S/C19H25Cl2N5O2/c1-22-19(25-9-8-23-18-15(21)11-14(20)12-26-18)24-7-6-13-4-5-16(27-2)17(10-13)28-3/h4-5,10-12H,6-9H2,1-3H3,(H,23,26)(H2,22,24,25). The van der Waals surface area contributed by atoms with E-state index in [1.54, 1.807) is 33.5 Å². The number of anilines is 1. The lowest BCUT2D eigenvalue weighted by Gasteiger charge is -2.13. The molecule has 0 atom stereocenters. The Morgan fingerprint density at radius 1 is 1.04 bits per heavy atom. The Bertz CT molecular complexity index is 802.